The summed E-state index contributed by atoms with van der Waals surface area (Å²) in [6.07, 6.45) is -5.76. The first-order valence-electron chi connectivity index (χ1n) is 7.28. The molecule has 0 saturated carbocycles. The zero-order valence-corrected chi connectivity index (χ0v) is 13.6. The first kappa shape index (κ1) is 17.2. The molecule has 3 rings (SSSR count). The number of hydrogen-bond donors (Lipinski definition) is 3. The Balaban J connectivity index is 1.87. The number of aromatic nitrogens is 1. The average Bonchev–Trinajstić information content (AvgIpc) is 2.95. The molecule has 1 aromatic heterocycles. The van der Waals surface area contributed by atoms with Gasteiger partial charge in [0.15, 0.2) is 5.13 Å². The number of nitrogen functional groups attached to an aromatic ring is 1. The molecule has 0 fully saturated rings. The highest BCUT2D eigenvalue weighted by Crippen LogP contribution is 2.37. The number of rotatable bonds is 4. The number of aliphatic hydroxyl groups excluding tert-OH is 1. The molecule has 3 aromatic rings. The van der Waals surface area contributed by atoms with E-state index in [2.05, 4.69) is 10.3 Å². The molecule has 0 spiro atoms. The van der Waals surface area contributed by atoms with Gasteiger partial charge in [0.25, 0.3) is 0 Å². The van der Waals surface area contributed by atoms with E-state index >= 15 is 0 Å². The van der Waals surface area contributed by atoms with Crippen LogP contribution in [0.2, 0.25) is 0 Å². The molecular formula is C17H14F3N3OS. The van der Waals surface area contributed by atoms with Crippen molar-refractivity contribution in [2.24, 2.45) is 0 Å². The Bertz CT molecular complexity index is 865. The quantitative estimate of drug-likeness (QED) is 0.633. The number of alkyl halides is 3. The van der Waals surface area contributed by atoms with Crippen LogP contribution in [-0.2, 0) is 6.18 Å². The summed E-state index contributed by atoms with van der Waals surface area (Å²) < 4.78 is 38.5. The standard InChI is InChI=1S/C17H14F3N3OS/c18-17(19,20)11-6-4-5-10(9-11)13(24)14-15(21)23-16(25-14)22-12-7-2-1-3-8-12/h1-9,13,24H,21H2,(H,22,23). The number of thiazole rings is 1. The van der Waals surface area contributed by atoms with E-state index in [0.717, 1.165) is 29.2 Å². The molecule has 25 heavy (non-hydrogen) atoms. The number of halogens is 3. The lowest BCUT2D eigenvalue weighted by molar-refractivity contribution is -0.137. The predicted molar refractivity (Wildman–Crippen MR) is 91.8 cm³/mol. The highest BCUT2D eigenvalue weighted by molar-refractivity contribution is 7.16. The minimum Gasteiger partial charge on any atom is -0.383 e. The smallest absolute Gasteiger partial charge is 0.383 e. The molecule has 4 nitrogen and oxygen atoms in total. The molecule has 0 aliphatic rings. The Morgan fingerprint density at radius 2 is 1.80 bits per heavy atom. The summed E-state index contributed by atoms with van der Waals surface area (Å²) in [6.45, 7) is 0. The molecule has 0 radical (unpaired) electrons. The van der Waals surface area contributed by atoms with Gasteiger partial charge < -0.3 is 16.2 Å². The first-order chi connectivity index (χ1) is 11.8. The van der Waals surface area contributed by atoms with Crippen molar-refractivity contribution in [1.82, 2.24) is 4.98 Å². The van der Waals surface area contributed by atoms with Crippen LogP contribution in [0.3, 0.4) is 0 Å². The largest absolute Gasteiger partial charge is 0.416 e. The molecule has 8 heteroatoms. The zero-order chi connectivity index (χ0) is 18.0. The molecule has 1 unspecified atom stereocenters. The van der Waals surface area contributed by atoms with Gasteiger partial charge >= 0.3 is 6.18 Å². The summed E-state index contributed by atoms with van der Waals surface area (Å²) in [7, 11) is 0. The summed E-state index contributed by atoms with van der Waals surface area (Å²) >= 11 is 1.09. The van der Waals surface area contributed by atoms with Crippen LogP contribution in [-0.4, -0.2) is 10.1 Å². The third kappa shape index (κ3) is 3.92. The SMILES string of the molecule is Nc1nc(Nc2ccccc2)sc1C(O)c1cccc(C(F)(F)F)c1. The molecule has 0 amide bonds. The summed E-state index contributed by atoms with van der Waals surface area (Å²) in [5, 5.41) is 13.9. The Morgan fingerprint density at radius 1 is 1.08 bits per heavy atom. The fraction of sp³-hybridized carbons (Fsp3) is 0.118. The van der Waals surface area contributed by atoms with Gasteiger partial charge in [-0.05, 0) is 29.8 Å². The Kier molecular flexibility index (Phi) is 4.65. The molecule has 0 aliphatic heterocycles. The maximum atomic E-state index is 12.8. The van der Waals surface area contributed by atoms with E-state index < -0.39 is 17.8 Å². The van der Waals surface area contributed by atoms with Crippen LogP contribution in [0.15, 0.2) is 54.6 Å². The van der Waals surface area contributed by atoms with Gasteiger partial charge in [-0.3, -0.25) is 0 Å². The predicted octanol–water partition coefficient (Wildman–Crippen LogP) is 4.57. The summed E-state index contributed by atoms with van der Waals surface area (Å²) in [4.78, 5) is 4.42. The summed E-state index contributed by atoms with van der Waals surface area (Å²) in [6, 6.07) is 13.8. The second-order valence-corrected chi connectivity index (χ2v) is 6.32. The van der Waals surface area contributed by atoms with Crippen molar-refractivity contribution in [3.05, 3.63) is 70.6 Å². The van der Waals surface area contributed by atoms with Gasteiger partial charge in [0.2, 0.25) is 0 Å². The van der Waals surface area contributed by atoms with Gasteiger partial charge in [0.05, 0.1) is 10.4 Å². The highest BCUT2D eigenvalue weighted by Gasteiger charge is 2.31. The van der Waals surface area contributed by atoms with E-state index in [1.807, 2.05) is 30.3 Å². The van der Waals surface area contributed by atoms with Crippen LogP contribution >= 0.6 is 11.3 Å². The third-order valence-corrected chi connectivity index (χ3v) is 4.52. The number of aliphatic hydroxyl groups is 1. The highest BCUT2D eigenvalue weighted by atomic mass is 32.1. The average molecular weight is 365 g/mol. The molecule has 0 saturated heterocycles. The lowest BCUT2D eigenvalue weighted by Gasteiger charge is -2.12. The second-order valence-electron chi connectivity index (χ2n) is 5.29. The van der Waals surface area contributed by atoms with E-state index in [9.17, 15) is 18.3 Å². The Hall–Kier alpha value is -2.58. The maximum Gasteiger partial charge on any atom is 0.416 e. The van der Waals surface area contributed by atoms with Crippen molar-refractivity contribution in [3.8, 4) is 0 Å². The molecule has 1 atom stereocenters. The molecule has 130 valence electrons. The first-order valence-corrected chi connectivity index (χ1v) is 8.10. The Morgan fingerprint density at radius 3 is 2.48 bits per heavy atom. The normalized spacial score (nSPS) is 12.8. The maximum absolute atomic E-state index is 12.8. The van der Waals surface area contributed by atoms with Crippen LogP contribution in [0.5, 0.6) is 0 Å². The topological polar surface area (TPSA) is 71.2 Å². The Labute approximate surface area is 145 Å². The number of nitrogens with one attached hydrogen (secondary N) is 1. The summed E-state index contributed by atoms with van der Waals surface area (Å²) in [5.41, 5.74) is 5.91. The minimum absolute atomic E-state index is 0.0772. The zero-order valence-electron chi connectivity index (χ0n) is 12.8. The third-order valence-electron chi connectivity index (χ3n) is 3.48. The van der Waals surface area contributed by atoms with Gasteiger partial charge in [-0.2, -0.15) is 13.2 Å². The van der Waals surface area contributed by atoms with Gasteiger partial charge in [0.1, 0.15) is 11.9 Å². The molecule has 2 aromatic carbocycles. The molecule has 0 bridgehead atoms. The number of benzene rings is 2. The van der Waals surface area contributed by atoms with E-state index in [1.165, 1.54) is 12.1 Å². The van der Waals surface area contributed by atoms with Crippen molar-refractivity contribution in [3.63, 3.8) is 0 Å². The minimum atomic E-state index is -4.48. The fourth-order valence-corrected chi connectivity index (χ4v) is 3.19. The lowest BCUT2D eigenvalue weighted by Crippen LogP contribution is -2.07. The molecule has 1 heterocycles. The molecular weight excluding hydrogens is 351 g/mol. The number of nitrogens with zero attached hydrogens (tertiary/aromatic N) is 1. The van der Waals surface area contributed by atoms with E-state index in [1.54, 1.807) is 0 Å². The van der Waals surface area contributed by atoms with Crippen molar-refractivity contribution in [2.75, 3.05) is 11.1 Å². The van der Waals surface area contributed by atoms with Gasteiger partial charge in [-0.25, -0.2) is 4.98 Å². The molecule has 0 aliphatic carbocycles. The van der Waals surface area contributed by atoms with E-state index in [-0.39, 0.29) is 16.3 Å². The lowest BCUT2D eigenvalue weighted by atomic mass is 10.0. The number of anilines is 3. The van der Waals surface area contributed by atoms with Crippen LogP contribution in [0, 0.1) is 0 Å². The van der Waals surface area contributed by atoms with Crippen LogP contribution < -0.4 is 11.1 Å². The number of nitrogens with two attached hydrogens (primary N) is 1. The van der Waals surface area contributed by atoms with Gasteiger partial charge in [0, 0.05) is 5.69 Å². The second kappa shape index (κ2) is 6.73. The van der Waals surface area contributed by atoms with Gasteiger partial charge in [-0.1, -0.05) is 41.7 Å². The number of para-hydroxylation sites is 1. The van der Waals surface area contributed by atoms with Crippen LogP contribution in [0.25, 0.3) is 0 Å². The number of hydrogen-bond acceptors (Lipinski definition) is 5. The van der Waals surface area contributed by atoms with Crippen molar-refractivity contribution in [2.45, 2.75) is 12.3 Å². The summed E-state index contributed by atoms with van der Waals surface area (Å²) in [5.74, 6) is 0.0772. The van der Waals surface area contributed by atoms with Gasteiger partial charge in [-0.15, -0.1) is 0 Å². The monoisotopic (exact) mass is 365 g/mol. The van der Waals surface area contributed by atoms with Crippen LogP contribution in [0.4, 0.5) is 29.8 Å². The fourth-order valence-electron chi connectivity index (χ4n) is 2.27. The van der Waals surface area contributed by atoms with E-state index in [4.69, 9.17) is 5.73 Å². The van der Waals surface area contributed by atoms with Crippen molar-refractivity contribution in [1.29, 1.82) is 0 Å². The van der Waals surface area contributed by atoms with Crippen molar-refractivity contribution >= 4 is 28.0 Å². The molecule has 4 N–H and O–H groups in total. The van der Waals surface area contributed by atoms with Crippen LogP contribution in [0.1, 0.15) is 22.1 Å². The van der Waals surface area contributed by atoms with Crippen molar-refractivity contribution < 1.29 is 18.3 Å². The van der Waals surface area contributed by atoms with E-state index in [0.29, 0.717) is 5.13 Å².